The molecule has 2 aliphatic rings. The molecule has 0 fully saturated rings. The number of hydrogen-bond acceptors (Lipinski definition) is 0. The van der Waals surface area contributed by atoms with Crippen molar-refractivity contribution in [2.45, 2.75) is 6.92 Å². The van der Waals surface area contributed by atoms with Gasteiger partial charge in [0.05, 0.1) is 10.2 Å². The summed E-state index contributed by atoms with van der Waals surface area (Å²) < 4.78 is 33.0. The van der Waals surface area contributed by atoms with E-state index < -0.39 is 6.97 Å². The molecule has 1 aromatic heterocycles. The Morgan fingerprint density at radius 1 is 1.09 bits per heavy atom. The number of nitrogens with zero attached hydrogens (tertiary/aromatic N) is 2. The van der Waals surface area contributed by atoms with Crippen LogP contribution in [0.5, 0.6) is 0 Å². The number of aryl methyl sites for hydroxylation is 1. The summed E-state index contributed by atoms with van der Waals surface area (Å²) in [7, 11) is 0. The molecule has 0 unspecified atom stereocenters. The van der Waals surface area contributed by atoms with Crippen molar-refractivity contribution in [2.24, 2.45) is 0 Å². The monoisotopic (exact) mass is 438 g/mol. The topological polar surface area (TPSA) is 7.94 Å². The Balaban J connectivity index is 2.12. The highest BCUT2D eigenvalue weighted by Crippen LogP contribution is 2.41. The fraction of sp³-hybridized carbons (Fsp3) is 0.0625. The largest absolute Gasteiger partial charge is 0.738 e. The molecule has 0 saturated carbocycles. The smallest absolute Gasteiger partial charge is 0.389 e. The van der Waals surface area contributed by atoms with Crippen LogP contribution in [0.3, 0.4) is 0 Å². The molecule has 0 atom stereocenters. The van der Waals surface area contributed by atoms with Crippen LogP contribution < -0.4 is 0 Å². The molecular weight excluding hydrogens is 429 g/mol. The van der Waals surface area contributed by atoms with E-state index in [-0.39, 0.29) is 0 Å². The highest BCUT2D eigenvalue weighted by Gasteiger charge is 2.54. The molecule has 0 N–H and O–H groups in total. The van der Waals surface area contributed by atoms with Gasteiger partial charge in [0.1, 0.15) is 0 Å². The summed E-state index contributed by atoms with van der Waals surface area (Å²) in [6.45, 7) is -1.96. The first-order chi connectivity index (χ1) is 10.9. The lowest BCUT2D eigenvalue weighted by Gasteiger charge is -2.32. The van der Waals surface area contributed by atoms with Crippen LogP contribution in [-0.4, -0.2) is 20.6 Å². The van der Waals surface area contributed by atoms with Crippen LogP contribution in [0.4, 0.5) is 8.63 Å². The lowest BCUT2D eigenvalue weighted by atomic mass is 9.86. The number of hydrogen-bond donors (Lipinski definition) is 0. The third-order valence-corrected chi connectivity index (χ3v) is 5.47. The number of allylic oxidation sites excluding steroid dienone is 2. The molecule has 3 heterocycles. The second kappa shape index (κ2) is 5.01. The molecule has 0 radical (unpaired) electrons. The van der Waals surface area contributed by atoms with Crippen molar-refractivity contribution in [3.05, 3.63) is 75.7 Å². The zero-order valence-electron chi connectivity index (χ0n) is 12.1. The minimum absolute atomic E-state index is 0.369. The number of fused-ring (bicyclic) bond motifs is 2. The van der Waals surface area contributed by atoms with Crippen molar-refractivity contribution >= 4 is 49.0 Å². The Hall–Kier alpha value is -1.47. The molecule has 23 heavy (non-hydrogen) atoms. The van der Waals surface area contributed by atoms with Crippen LogP contribution in [-0.2, 0) is 0 Å². The van der Waals surface area contributed by atoms with Gasteiger partial charge < -0.3 is 17.6 Å². The first-order valence-electron chi connectivity index (χ1n) is 7.12. The Bertz CT molecular complexity index is 941. The maximum absolute atomic E-state index is 15.1. The van der Waals surface area contributed by atoms with Crippen molar-refractivity contribution in [3.8, 4) is 0 Å². The third-order valence-electron chi connectivity index (χ3n) is 4.18. The van der Waals surface area contributed by atoms with E-state index in [0.717, 1.165) is 25.7 Å². The molecule has 4 rings (SSSR count). The van der Waals surface area contributed by atoms with Crippen LogP contribution in [0.15, 0.2) is 58.9 Å². The quantitative estimate of drug-likeness (QED) is 0.557. The van der Waals surface area contributed by atoms with E-state index in [1.165, 1.54) is 0 Å². The van der Waals surface area contributed by atoms with Gasteiger partial charge in [-0.05, 0) is 40.5 Å². The van der Waals surface area contributed by atoms with Gasteiger partial charge in [-0.2, -0.15) is 0 Å². The predicted octanol–water partition coefficient (Wildman–Crippen LogP) is 4.93. The molecule has 0 aliphatic carbocycles. The number of aromatic nitrogens is 1. The van der Waals surface area contributed by atoms with Gasteiger partial charge in [-0.15, -0.1) is 0 Å². The van der Waals surface area contributed by atoms with E-state index >= 15 is 8.63 Å². The number of halogens is 4. The standard InChI is InChI=1S/C16H11BBr2F2N2/c1-10-3-2-4-11(9-10)16-12-5-7-14(18)22(12)17(20,21)23-13(16)6-8-15(23)19/h2-9H,1H3. The fourth-order valence-electron chi connectivity index (χ4n) is 3.23. The summed E-state index contributed by atoms with van der Waals surface area (Å²) in [6, 6.07) is 11.3. The van der Waals surface area contributed by atoms with Crippen molar-refractivity contribution in [1.82, 2.24) is 4.48 Å². The normalized spacial score (nSPS) is 18.5. The van der Waals surface area contributed by atoms with Crippen LogP contribution in [0.2, 0.25) is 0 Å². The van der Waals surface area contributed by atoms with E-state index in [1.807, 2.05) is 31.2 Å². The van der Waals surface area contributed by atoms with Crippen LogP contribution in [0, 0.1) is 6.92 Å². The lowest BCUT2D eigenvalue weighted by Crippen LogP contribution is -2.50. The van der Waals surface area contributed by atoms with Crippen molar-refractivity contribution in [1.29, 1.82) is 0 Å². The summed E-state index contributed by atoms with van der Waals surface area (Å²) in [5.74, 6) is 0. The summed E-state index contributed by atoms with van der Waals surface area (Å²) >= 11 is 6.53. The SMILES string of the molecule is Cc1cccc(C2=C3C=CC(Br)=[N+]3[B-](F)(F)n3c(Br)ccc32)c1. The average Bonchev–Trinajstić information content (AvgIpc) is 3.05. The number of benzene rings is 1. The van der Waals surface area contributed by atoms with E-state index in [2.05, 4.69) is 31.9 Å². The molecule has 116 valence electrons. The Kier molecular flexibility index (Phi) is 3.29. The second-order valence-corrected chi connectivity index (χ2v) is 7.28. The maximum Gasteiger partial charge on any atom is 0.738 e. The van der Waals surface area contributed by atoms with E-state index in [1.54, 1.807) is 24.3 Å². The molecular formula is C16H11BBr2F2N2. The minimum Gasteiger partial charge on any atom is -0.389 e. The van der Waals surface area contributed by atoms with Crippen molar-refractivity contribution in [2.75, 3.05) is 0 Å². The van der Waals surface area contributed by atoms with Crippen LogP contribution in [0.1, 0.15) is 16.8 Å². The Morgan fingerprint density at radius 3 is 2.61 bits per heavy atom. The highest BCUT2D eigenvalue weighted by atomic mass is 79.9. The van der Waals surface area contributed by atoms with Gasteiger partial charge in [-0.1, -0.05) is 29.8 Å². The predicted molar refractivity (Wildman–Crippen MR) is 96.0 cm³/mol. The van der Waals surface area contributed by atoms with Gasteiger partial charge in [0.25, 0.3) is 0 Å². The fourth-order valence-corrected chi connectivity index (χ4v) is 4.37. The molecule has 2 aromatic rings. The molecule has 0 saturated heterocycles. The first kappa shape index (κ1) is 15.1. The van der Waals surface area contributed by atoms with Crippen LogP contribution in [0.25, 0.3) is 5.57 Å². The lowest BCUT2D eigenvalue weighted by molar-refractivity contribution is -0.358. The first-order valence-corrected chi connectivity index (χ1v) is 8.70. The summed E-state index contributed by atoms with van der Waals surface area (Å²) in [4.78, 5) is 0. The van der Waals surface area contributed by atoms with E-state index in [0.29, 0.717) is 20.6 Å². The Labute approximate surface area is 149 Å². The highest BCUT2D eigenvalue weighted by molar-refractivity contribution is 9.18. The minimum atomic E-state index is -3.95. The zero-order valence-corrected chi connectivity index (χ0v) is 15.3. The third kappa shape index (κ3) is 2.06. The van der Waals surface area contributed by atoms with Gasteiger partial charge >= 0.3 is 6.97 Å². The molecule has 0 amide bonds. The molecule has 1 aromatic carbocycles. The van der Waals surface area contributed by atoms with Gasteiger partial charge in [-0.3, -0.25) is 0 Å². The zero-order chi connectivity index (χ0) is 16.4. The molecule has 0 bridgehead atoms. The van der Waals surface area contributed by atoms with Gasteiger partial charge in [0.15, 0.2) is 5.70 Å². The van der Waals surface area contributed by atoms with E-state index in [9.17, 15) is 0 Å². The van der Waals surface area contributed by atoms with Crippen molar-refractivity contribution in [3.63, 3.8) is 0 Å². The van der Waals surface area contributed by atoms with Gasteiger partial charge in [-0.25, -0.2) is 0 Å². The maximum atomic E-state index is 15.1. The molecule has 2 aliphatic heterocycles. The summed E-state index contributed by atoms with van der Waals surface area (Å²) in [5.41, 5.74) is 3.86. The van der Waals surface area contributed by atoms with Crippen LogP contribution >= 0.6 is 31.9 Å². The molecule has 0 spiro atoms. The summed E-state index contributed by atoms with van der Waals surface area (Å²) in [5, 5.41) is 0. The van der Waals surface area contributed by atoms with Crippen molar-refractivity contribution < 1.29 is 13.1 Å². The van der Waals surface area contributed by atoms with Gasteiger partial charge in [0, 0.05) is 33.8 Å². The van der Waals surface area contributed by atoms with Gasteiger partial charge in [0.2, 0.25) is 4.62 Å². The molecule has 2 nitrogen and oxygen atoms in total. The summed E-state index contributed by atoms with van der Waals surface area (Å²) in [6.07, 6.45) is 3.41. The number of rotatable bonds is 1. The molecule has 7 heteroatoms. The second-order valence-electron chi connectivity index (χ2n) is 5.66. The van der Waals surface area contributed by atoms with E-state index in [4.69, 9.17) is 0 Å². The Morgan fingerprint density at radius 2 is 1.87 bits per heavy atom. The average molecular weight is 440 g/mol.